The molecule has 0 aliphatic carbocycles. The highest BCUT2D eigenvalue weighted by atomic mass is 16.6. The first-order valence-corrected chi connectivity index (χ1v) is 6.79. The fourth-order valence-corrected chi connectivity index (χ4v) is 2.45. The van der Waals surface area contributed by atoms with E-state index in [1.165, 1.54) is 0 Å². The van der Waals surface area contributed by atoms with Crippen molar-refractivity contribution in [2.75, 3.05) is 20.3 Å². The van der Waals surface area contributed by atoms with Crippen LogP contribution in [0.25, 0.3) is 11.0 Å². The Morgan fingerprint density at radius 1 is 1.30 bits per heavy atom. The van der Waals surface area contributed by atoms with Gasteiger partial charge in [0.1, 0.15) is 6.61 Å². The van der Waals surface area contributed by atoms with Gasteiger partial charge in [-0.15, -0.1) is 0 Å². The van der Waals surface area contributed by atoms with Crippen molar-refractivity contribution < 1.29 is 18.8 Å². The van der Waals surface area contributed by atoms with Crippen molar-refractivity contribution in [1.82, 2.24) is 4.57 Å². The van der Waals surface area contributed by atoms with Gasteiger partial charge in [0.15, 0.2) is 17.6 Å². The van der Waals surface area contributed by atoms with E-state index >= 15 is 0 Å². The summed E-state index contributed by atoms with van der Waals surface area (Å²) in [6.45, 7) is 3.03. The Morgan fingerprint density at radius 2 is 2.05 bits per heavy atom. The number of fused-ring (bicyclic) bond motifs is 1. The van der Waals surface area contributed by atoms with Gasteiger partial charge in [0, 0.05) is 13.5 Å². The maximum absolute atomic E-state index is 11.9. The van der Waals surface area contributed by atoms with Crippen LogP contribution >= 0.6 is 0 Å². The Kier molecular flexibility index (Phi) is 4.74. The second-order valence-electron chi connectivity index (χ2n) is 4.62. The fraction of sp³-hybridized carbons (Fsp3) is 0.467. The summed E-state index contributed by atoms with van der Waals surface area (Å²) in [6, 6.07) is 8.07. The summed E-state index contributed by atoms with van der Waals surface area (Å²) >= 11 is 0. The first-order valence-electron chi connectivity index (χ1n) is 6.79. The maximum atomic E-state index is 11.9. The van der Waals surface area contributed by atoms with Gasteiger partial charge < -0.3 is 9.47 Å². The van der Waals surface area contributed by atoms with Gasteiger partial charge in [-0.1, -0.05) is 19.1 Å². The van der Waals surface area contributed by atoms with Crippen molar-refractivity contribution in [1.29, 1.82) is 0 Å². The van der Waals surface area contributed by atoms with Crippen LogP contribution in [0.15, 0.2) is 24.3 Å². The van der Waals surface area contributed by atoms with Gasteiger partial charge in [-0.05, 0) is 12.1 Å². The van der Waals surface area contributed by atoms with Crippen LogP contribution in [0.4, 0.5) is 0 Å². The highest BCUT2D eigenvalue weighted by Crippen LogP contribution is 2.14. The Morgan fingerprint density at radius 3 is 2.75 bits per heavy atom. The van der Waals surface area contributed by atoms with Gasteiger partial charge in [0.05, 0.1) is 13.7 Å². The van der Waals surface area contributed by atoms with Gasteiger partial charge in [0.2, 0.25) is 0 Å². The van der Waals surface area contributed by atoms with Crippen LogP contribution in [0.5, 0.6) is 0 Å². The van der Waals surface area contributed by atoms with Crippen LogP contribution in [0, 0.1) is 0 Å². The van der Waals surface area contributed by atoms with Gasteiger partial charge in [-0.3, -0.25) is 0 Å². The van der Waals surface area contributed by atoms with E-state index in [9.17, 15) is 4.79 Å². The molecule has 108 valence electrons. The second kappa shape index (κ2) is 6.52. The van der Waals surface area contributed by atoms with E-state index in [4.69, 9.17) is 9.47 Å². The second-order valence-corrected chi connectivity index (χ2v) is 4.62. The molecule has 5 heteroatoms. The number of carbonyl (C=O) groups excluding carboxylic acids is 1. The molecule has 0 atom stereocenters. The monoisotopic (exact) mass is 277 g/mol. The van der Waals surface area contributed by atoms with E-state index in [0.29, 0.717) is 13.2 Å². The summed E-state index contributed by atoms with van der Waals surface area (Å²) in [6.07, 6.45) is 0.858. The number of methoxy groups -OCH3 is 1. The lowest BCUT2D eigenvalue weighted by atomic mass is 10.3. The summed E-state index contributed by atoms with van der Waals surface area (Å²) < 4.78 is 14.2. The number of aromatic nitrogens is 2. The zero-order chi connectivity index (χ0) is 14.5. The molecule has 0 spiro atoms. The quantitative estimate of drug-likeness (QED) is 0.453. The molecule has 0 aliphatic heterocycles. The molecule has 0 radical (unpaired) electrons. The molecule has 0 aliphatic rings. The van der Waals surface area contributed by atoms with E-state index < -0.39 is 0 Å². The van der Waals surface area contributed by atoms with Gasteiger partial charge in [0.25, 0.3) is 5.82 Å². The summed E-state index contributed by atoms with van der Waals surface area (Å²) in [5.74, 6) is 0.869. The molecule has 2 aromatic rings. The highest BCUT2D eigenvalue weighted by Gasteiger charge is 2.23. The molecular weight excluding hydrogens is 256 g/mol. The molecule has 0 fully saturated rings. The average Bonchev–Trinajstić information content (AvgIpc) is 2.72. The van der Waals surface area contributed by atoms with E-state index in [1.54, 1.807) is 7.11 Å². The molecule has 0 amide bonds. The van der Waals surface area contributed by atoms with Crippen molar-refractivity contribution in [3.05, 3.63) is 30.1 Å². The predicted molar refractivity (Wildman–Crippen MR) is 75.3 cm³/mol. The van der Waals surface area contributed by atoms with Crippen LogP contribution < -0.4 is 4.57 Å². The molecule has 2 rings (SSSR count). The minimum atomic E-state index is -0.238. The largest absolute Gasteiger partial charge is 0.460 e. The number of para-hydroxylation sites is 2. The summed E-state index contributed by atoms with van der Waals surface area (Å²) in [4.78, 5) is 11.9. The number of benzene rings is 1. The normalized spacial score (nSPS) is 10.9. The molecule has 0 bridgehead atoms. The van der Waals surface area contributed by atoms with E-state index in [2.05, 4.69) is 17.6 Å². The summed E-state index contributed by atoms with van der Waals surface area (Å²) in [7, 11) is 3.61. The molecule has 1 aromatic carbocycles. The Hall–Kier alpha value is -1.88. The van der Waals surface area contributed by atoms with Crippen molar-refractivity contribution in [2.45, 2.75) is 19.9 Å². The Labute approximate surface area is 118 Å². The van der Waals surface area contributed by atoms with Crippen molar-refractivity contribution >= 4 is 17.0 Å². The molecule has 1 aromatic heterocycles. The lowest BCUT2D eigenvalue weighted by Gasteiger charge is -2.04. The van der Waals surface area contributed by atoms with Crippen LogP contribution in [0.2, 0.25) is 0 Å². The van der Waals surface area contributed by atoms with Crippen molar-refractivity contribution in [3.63, 3.8) is 0 Å². The topological polar surface area (TPSA) is 44.3 Å². The predicted octanol–water partition coefficient (Wildman–Crippen LogP) is 1.22. The fourth-order valence-electron chi connectivity index (χ4n) is 2.45. The number of nitrogens with zero attached hydrogens (tertiary/aromatic N) is 2. The lowest BCUT2D eigenvalue weighted by molar-refractivity contribution is -0.653. The number of hydrogen-bond donors (Lipinski definition) is 0. The number of ether oxygens (including phenoxy) is 2. The zero-order valence-electron chi connectivity index (χ0n) is 12.3. The summed E-state index contributed by atoms with van der Waals surface area (Å²) in [5.41, 5.74) is 2.17. The first-order chi connectivity index (χ1) is 9.69. The number of imidazole rings is 1. The third kappa shape index (κ3) is 2.82. The third-order valence-corrected chi connectivity index (χ3v) is 3.39. The SMILES string of the molecule is CCc1n(CC(=O)OCCOC)c2ccccc2[n+]1C. The smallest absolute Gasteiger partial charge is 0.348 e. The molecule has 0 unspecified atom stereocenters. The molecular formula is C15H21N2O3+. The lowest BCUT2D eigenvalue weighted by Crippen LogP contribution is -2.33. The number of esters is 1. The Balaban J connectivity index is 2.26. The standard InChI is InChI=1S/C15H21N2O3/c1-4-14-16(2)12-7-5-6-8-13(12)17(14)11-15(18)20-10-9-19-3/h5-8H,4,9-11H2,1-3H3/q+1. The number of rotatable bonds is 6. The number of aryl methyl sites for hydroxylation is 1. The van der Waals surface area contributed by atoms with E-state index in [-0.39, 0.29) is 12.5 Å². The van der Waals surface area contributed by atoms with Crippen LogP contribution in [-0.2, 0) is 34.3 Å². The average molecular weight is 277 g/mol. The van der Waals surface area contributed by atoms with E-state index in [1.807, 2.05) is 29.8 Å². The van der Waals surface area contributed by atoms with Gasteiger partial charge >= 0.3 is 5.97 Å². The molecule has 0 N–H and O–H groups in total. The minimum absolute atomic E-state index is 0.230. The van der Waals surface area contributed by atoms with Gasteiger partial charge in [-0.2, -0.15) is 0 Å². The third-order valence-electron chi connectivity index (χ3n) is 3.39. The first kappa shape index (κ1) is 14.5. The number of hydrogen-bond acceptors (Lipinski definition) is 3. The molecule has 1 heterocycles. The van der Waals surface area contributed by atoms with Crippen molar-refractivity contribution in [3.8, 4) is 0 Å². The van der Waals surface area contributed by atoms with Crippen LogP contribution in [-0.4, -0.2) is 30.9 Å². The molecule has 0 saturated carbocycles. The summed E-state index contributed by atoms with van der Waals surface area (Å²) in [5, 5.41) is 0. The van der Waals surface area contributed by atoms with Crippen LogP contribution in [0.1, 0.15) is 12.7 Å². The number of carbonyl (C=O) groups is 1. The van der Waals surface area contributed by atoms with E-state index in [0.717, 1.165) is 23.3 Å². The molecule has 0 saturated heterocycles. The highest BCUT2D eigenvalue weighted by molar-refractivity contribution is 5.76. The maximum Gasteiger partial charge on any atom is 0.348 e. The minimum Gasteiger partial charge on any atom is -0.460 e. The zero-order valence-corrected chi connectivity index (χ0v) is 12.3. The Bertz CT molecular complexity index is 604. The molecule has 5 nitrogen and oxygen atoms in total. The van der Waals surface area contributed by atoms with Gasteiger partial charge in [-0.25, -0.2) is 13.9 Å². The van der Waals surface area contributed by atoms with Crippen molar-refractivity contribution in [2.24, 2.45) is 7.05 Å². The van der Waals surface area contributed by atoms with Crippen LogP contribution in [0.3, 0.4) is 0 Å². The molecule has 20 heavy (non-hydrogen) atoms.